The molecule has 2 atom stereocenters. The zero-order valence-electron chi connectivity index (χ0n) is 27.1. The lowest BCUT2D eigenvalue weighted by atomic mass is 9.79. The van der Waals surface area contributed by atoms with Crippen molar-refractivity contribution in [2.45, 2.75) is 57.3 Å². The molecule has 0 radical (unpaired) electrons. The monoisotopic (exact) mass is 691 g/mol. The fourth-order valence-electron chi connectivity index (χ4n) is 6.91. The van der Waals surface area contributed by atoms with Crippen LogP contribution in [0.2, 0.25) is 5.02 Å². The summed E-state index contributed by atoms with van der Waals surface area (Å²) in [6.45, 7) is 5.72. The van der Waals surface area contributed by atoms with E-state index in [0.29, 0.717) is 30.5 Å². The molecule has 1 fully saturated rings. The highest BCUT2D eigenvalue weighted by Crippen LogP contribution is 2.55. The molecule has 254 valence electrons. The molecule has 0 unspecified atom stereocenters. The van der Waals surface area contributed by atoms with Gasteiger partial charge < -0.3 is 34.1 Å². The Morgan fingerprint density at radius 2 is 1.73 bits per heavy atom. The van der Waals surface area contributed by atoms with Gasteiger partial charge in [-0.2, -0.15) is 0 Å². The molecule has 1 saturated heterocycles. The summed E-state index contributed by atoms with van der Waals surface area (Å²) >= 11 is 6.66. The third-order valence-corrected chi connectivity index (χ3v) is 9.38. The van der Waals surface area contributed by atoms with E-state index in [1.807, 2.05) is 30.3 Å². The van der Waals surface area contributed by atoms with E-state index in [1.54, 1.807) is 25.7 Å². The number of likely N-dealkylation sites (tertiary alicyclic amines) is 1. The number of hydrogen-bond acceptors (Lipinski definition) is 7. The molecular weight excluding hydrogens is 660 g/mol. The summed E-state index contributed by atoms with van der Waals surface area (Å²) in [6, 6.07) is 12.3. The van der Waals surface area contributed by atoms with Gasteiger partial charge in [-0.15, -0.1) is 0 Å². The molecule has 3 aliphatic heterocycles. The van der Waals surface area contributed by atoms with E-state index in [1.165, 1.54) is 23.9 Å². The van der Waals surface area contributed by atoms with Crippen LogP contribution in [0.5, 0.6) is 28.7 Å². The molecule has 3 aliphatic rings. The fraction of sp³-hybridized carbons (Fsp3) is 0.306. The van der Waals surface area contributed by atoms with Crippen LogP contribution in [-0.2, 0) is 23.8 Å². The summed E-state index contributed by atoms with van der Waals surface area (Å²) in [5.41, 5.74) is 3.19. The highest BCUT2D eigenvalue weighted by Gasteiger charge is 2.54. The standard InChI is InChI=1S/C36H32ClF2N3O7/c1-35(2,3)49-34(45)42-13-8-11-25(42)36(18-9-6-5-7-10-18)17-20-23(48-36)16-21(38)28(37)26(20)27-19(32(40)43)15-24-30(29(27)39)46-22-12-14-41(4)33(44)31(22)47-24/h5-7,9-10,12,14-16,25H,8,11,13,17H2,1-4H3,(H2,40,43)/t25-,36-/m0/s1. The lowest BCUT2D eigenvalue weighted by Gasteiger charge is -2.40. The number of halogens is 3. The van der Waals surface area contributed by atoms with Gasteiger partial charge in [-0.25, -0.2) is 13.6 Å². The first-order valence-corrected chi connectivity index (χ1v) is 16.0. The van der Waals surface area contributed by atoms with Crippen LogP contribution >= 0.6 is 11.6 Å². The van der Waals surface area contributed by atoms with Gasteiger partial charge in [0.25, 0.3) is 5.56 Å². The van der Waals surface area contributed by atoms with Crippen molar-refractivity contribution >= 4 is 23.6 Å². The quantitative estimate of drug-likeness (QED) is 0.211. The number of primary amides is 1. The van der Waals surface area contributed by atoms with E-state index < -0.39 is 62.8 Å². The normalized spacial score (nSPS) is 19.2. The second-order valence-corrected chi connectivity index (χ2v) is 13.7. The van der Waals surface area contributed by atoms with Crippen LogP contribution < -0.4 is 25.5 Å². The maximum Gasteiger partial charge on any atom is 0.410 e. The Balaban J connectivity index is 1.42. The number of pyridine rings is 1. The van der Waals surface area contributed by atoms with Crippen molar-refractivity contribution < 1.29 is 37.3 Å². The summed E-state index contributed by atoms with van der Waals surface area (Å²) in [6.07, 6.45) is 2.08. The Kier molecular flexibility index (Phi) is 7.62. The van der Waals surface area contributed by atoms with Crippen LogP contribution in [0.1, 0.15) is 55.1 Å². The number of fused-ring (bicyclic) bond motifs is 3. The van der Waals surface area contributed by atoms with Gasteiger partial charge in [0.05, 0.1) is 16.6 Å². The fourth-order valence-corrected chi connectivity index (χ4v) is 7.18. The second-order valence-electron chi connectivity index (χ2n) is 13.3. The van der Waals surface area contributed by atoms with Crippen LogP contribution in [-0.4, -0.2) is 39.7 Å². The molecule has 0 spiro atoms. The van der Waals surface area contributed by atoms with Crippen LogP contribution in [0.25, 0.3) is 11.1 Å². The minimum absolute atomic E-state index is 0.0105. The molecule has 0 bridgehead atoms. The van der Waals surface area contributed by atoms with Crippen molar-refractivity contribution in [3.63, 3.8) is 0 Å². The molecule has 4 aromatic rings. The van der Waals surface area contributed by atoms with Crippen molar-refractivity contribution in [1.29, 1.82) is 0 Å². The molecule has 3 aromatic carbocycles. The number of benzene rings is 3. The van der Waals surface area contributed by atoms with Crippen LogP contribution in [0.4, 0.5) is 13.6 Å². The average molecular weight is 692 g/mol. The molecule has 2 amide bonds. The van der Waals surface area contributed by atoms with E-state index in [4.69, 9.17) is 36.3 Å². The van der Waals surface area contributed by atoms with Crippen LogP contribution in [0, 0.1) is 11.6 Å². The van der Waals surface area contributed by atoms with Gasteiger partial charge in [0, 0.05) is 55.0 Å². The number of carbonyl (C=O) groups is 2. The average Bonchev–Trinajstić information content (AvgIpc) is 3.70. The van der Waals surface area contributed by atoms with Crippen LogP contribution in [0.3, 0.4) is 0 Å². The first kappa shape index (κ1) is 32.4. The molecular formula is C36H32ClF2N3O7. The maximum absolute atomic E-state index is 16.9. The number of hydrogen-bond donors (Lipinski definition) is 1. The smallest absolute Gasteiger partial charge is 0.410 e. The zero-order valence-corrected chi connectivity index (χ0v) is 27.8. The molecule has 13 heteroatoms. The van der Waals surface area contributed by atoms with Crippen molar-refractivity contribution in [1.82, 2.24) is 9.47 Å². The molecule has 0 saturated carbocycles. The van der Waals surface area contributed by atoms with Crippen molar-refractivity contribution in [2.75, 3.05) is 6.54 Å². The number of rotatable bonds is 4. The Morgan fingerprint density at radius 3 is 2.43 bits per heavy atom. The molecule has 7 rings (SSSR count). The Hall–Kier alpha value is -5.10. The van der Waals surface area contributed by atoms with E-state index in [2.05, 4.69) is 0 Å². The van der Waals surface area contributed by atoms with Gasteiger partial charge in [-0.05, 0) is 45.2 Å². The number of carbonyl (C=O) groups excluding carboxylic acids is 2. The number of ether oxygens (including phenoxy) is 4. The molecule has 2 N–H and O–H groups in total. The Labute approximate surface area is 284 Å². The highest BCUT2D eigenvalue weighted by molar-refractivity contribution is 6.34. The van der Waals surface area contributed by atoms with Gasteiger partial charge >= 0.3 is 6.09 Å². The van der Waals surface area contributed by atoms with E-state index in [0.717, 1.165) is 12.1 Å². The number of aromatic nitrogens is 1. The second kappa shape index (κ2) is 11.5. The van der Waals surface area contributed by atoms with E-state index in [9.17, 15) is 14.4 Å². The molecule has 1 aromatic heterocycles. The van der Waals surface area contributed by atoms with Crippen molar-refractivity contribution in [2.24, 2.45) is 12.8 Å². The van der Waals surface area contributed by atoms with Gasteiger partial charge in [0.2, 0.25) is 17.4 Å². The van der Waals surface area contributed by atoms with Crippen molar-refractivity contribution in [3.05, 3.63) is 98.4 Å². The van der Waals surface area contributed by atoms with Gasteiger partial charge in [0.1, 0.15) is 17.2 Å². The van der Waals surface area contributed by atoms with Gasteiger partial charge in [-0.3, -0.25) is 9.59 Å². The molecule has 10 nitrogen and oxygen atoms in total. The first-order chi connectivity index (χ1) is 23.2. The largest absolute Gasteiger partial charge is 0.480 e. The Bertz CT molecular complexity index is 2110. The minimum Gasteiger partial charge on any atom is -0.480 e. The summed E-state index contributed by atoms with van der Waals surface area (Å²) in [4.78, 5) is 40.8. The number of amides is 2. The highest BCUT2D eigenvalue weighted by atomic mass is 35.5. The predicted molar refractivity (Wildman–Crippen MR) is 176 cm³/mol. The van der Waals surface area contributed by atoms with Gasteiger partial charge in [0.15, 0.2) is 22.9 Å². The lowest BCUT2D eigenvalue weighted by molar-refractivity contribution is -0.0216. The van der Waals surface area contributed by atoms with E-state index in [-0.39, 0.29) is 40.5 Å². The number of nitrogens with zero attached hydrogens (tertiary/aromatic N) is 2. The first-order valence-electron chi connectivity index (χ1n) is 15.7. The Morgan fingerprint density at radius 1 is 1.02 bits per heavy atom. The lowest BCUT2D eigenvalue weighted by Crippen LogP contribution is -2.53. The minimum atomic E-state index is -1.28. The SMILES string of the molecule is Cn1ccc2c(c1=O)Oc1cc(C(N)=O)c(-c3c(Cl)c(F)cc4c3C[C@](c3ccccc3)([C@@H]3CCCN3C(=O)OC(C)(C)C)O4)c(F)c1O2. The van der Waals surface area contributed by atoms with Crippen LogP contribution in [0.15, 0.2) is 59.5 Å². The van der Waals surface area contributed by atoms with Gasteiger partial charge in [-0.1, -0.05) is 41.9 Å². The third kappa shape index (κ3) is 5.25. The summed E-state index contributed by atoms with van der Waals surface area (Å²) in [7, 11) is 1.50. The summed E-state index contributed by atoms with van der Waals surface area (Å²) < 4.78 is 57.9. The topological polar surface area (TPSA) is 122 Å². The van der Waals surface area contributed by atoms with E-state index >= 15 is 8.78 Å². The molecule has 49 heavy (non-hydrogen) atoms. The van der Waals surface area contributed by atoms with Crippen molar-refractivity contribution in [3.8, 4) is 39.9 Å². The summed E-state index contributed by atoms with van der Waals surface area (Å²) in [5, 5.41) is -0.478. The number of aryl methyl sites for hydroxylation is 1. The summed E-state index contributed by atoms with van der Waals surface area (Å²) in [5.74, 6) is -4.06. The molecule has 4 heterocycles. The third-order valence-electron chi connectivity index (χ3n) is 9.01. The zero-order chi connectivity index (χ0) is 35.0. The predicted octanol–water partition coefficient (Wildman–Crippen LogP) is 7.21. The number of nitrogens with two attached hydrogens (primary N) is 1. The molecule has 0 aliphatic carbocycles. The maximum atomic E-state index is 16.9.